The monoisotopic (exact) mass is 598 g/mol. The van der Waals surface area contributed by atoms with Gasteiger partial charge in [0.2, 0.25) is 0 Å². The number of barbiturate groups is 1. The van der Waals surface area contributed by atoms with Gasteiger partial charge in [-0.05, 0) is 61.0 Å². The minimum atomic E-state index is -1.06. The summed E-state index contributed by atoms with van der Waals surface area (Å²) in [6.07, 6.45) is 1.18. The van der Waals surface area contributed by atoms with E-state index in [2.05, 4.69) is 5.32 Å². The van der Waals surface area contributed by atoms with Gasteiger partial charge >= 0.3 is 6.03 Å². The summed E-state index contributed by atoms with van der Waals surface area (Å²) in [5.74, 6) is -2.29. The van der Waals surface area contributed by atoms with Crippen molar-refractivity contribution in [2.75, 3.05) is 23.4 Å². The second-order valence-electron chi connectivity index (χ2n) is 8.34. The average molecular weight is 599 g/mol. The lowest BCUT2D eigenvalue weighted by Crippen LogP contribution is -2.54. The molecular weight excluding hydrogens is 579 g/mol. The number of nitrogens with one attached hydrogen (secondary N) is 2. The first kappa shape index (κ1) is 29.1. The van der Waals surface area contributed by atoms with Crippen LogP contribution >= 0.6 is 23.2 Å². The number of urea groups is 1. The van der Waals surface area contributed by atoms with Crippen molar-refractivity contribution in [1.29, 1.82) is 0 Å². The van der Waals surface area contributed by atoms with E-state index in [0.29, 0.717) is 15.6 Å². The molecule has 1 heterocycles. The van der Waals surface area contributed by atoms with Gasteiger partial charge in [-0.3, -0.25) is 29.8 Å². The van der Waals surface area contributed by atoms with Gasteiger partial charge in [-0.1, -0.05) is 29.3 Å². The first-order valence-electron chi connectivity index (χ1n) is 11.9. The molecule has 12 nitrogen and oxygen atoms in total. The fourth-order valence-corrected chi connectivity index (χ4v) is 4.15. The summed E-state index contributed by atoms with van der Waals surface area (Å²) < 4.78 is 11.2. The normalized spacial score (nSPS) is 14.1. The number of halogens is 2. The molecule has 0 unspecified atom stereocenters. The Morgan fingerprint density at radius 3 is 2.49 bits per heavy atom. The highest BCUT2D eigenvalue weighted by Gasteiger charge is 2.37. The van der Waals surface area contributed by atoms with Crippen molar-refractivity contribution in [2.45, 2.75) is 6.92 Å². The van der Waals surface area contributed by atoms with Gasteiger partial charge in [0.05, 0.1) is 22.2 Å². The summed E-state index contributed by atoms with van der Waals surface area (Å²) in [6, 6.07) is 13.1. The summed E-state index contributed by atoms with van der Waals surface area (Å²) in [4.78, 5) is 61.7. The van der Waals surface area contributed by atoms with E-state index in [4.69, 9.17) is 32.7 Å². The number of nitro benzene ring substituents is 1. The third kappa shape index (κ3) is 6.80. The van der Waals surface area contributed by atoms with Crippen molar-refractivity contribution in [1.82, 2.24) is 5.32 Å². The number of anilines is 2. The first-order valence-corrected chi connectivity index (χ1v) is 12.6. The molecule has 1 aliphatic rings. The molecule has 0 aromatic heterocycles. The van der Waals surface area contributed by atoms with Crippen LogP contribution in [0.4, 0.5) is 21.9 Å². The topological polar surface area (TPSA) is 157 Å². The summed E-state index contributed by atoms with van der Waals surface area (Å²) in [5, 5.41) is 16.4. The predicted molar refractivity (Wildman–Crippen MR) is 150 cm³/mol. The van der Waals surface area contributed by atoms with Crippen LogP contribution in [-0.4, -0.2) is 41.9 Å². The number of hydrogen-bond donors (Lipinski definition) is 2. The van der Waals surface area contributed by atoms with E-state index in [1.54, 1.807) is 31.2 Å². The van der Waals surface area contributed by atoms with E-state index in [0.717, 1.165) is 6.07 Å². The Labute approximate surface area is 242 Å². The number of nitro groups is 1. The molecule has 0 aliphatic carbocycles. The lowest BCUT2D eigenvalue weighted by Gasteiger charge is -2.26. The Bertz CT molecular complexity index is 1590. The number of amides is 5. The summed E-state index contributed by atoms with van der Waals surface area (Å²) in [5.41, 5.74) is -0.145. The van der Waals surface area contributed by atoms with Gasteiger partial charge in [0, 0.05) is 22.8 Å². The molecule has 41 heavy (non-hydrogen) atoms. The van der Waals surface area contributed by atoms with Crippen LogP contribution < -0.4 is 25.0 Å². The van der Waals surface area contributed by atoms with Gasteiger partial charge in [-0.2, -0.15) is 0 Å². The molecule has 1 saturated heterocycles. The maximum atomic E-state index is 13.2. The molecule has 0 saturated carbocycles. The Morgan fingerprint density at radius 1 is 1.07 bits per heavy atom. The molecule has 1 fully saturated rings. The highest BCUT2D eigenvalue weighted by molar-refractivity contribution is 6.39. The van der Waals surface area contributed by atoms with Crippen molar-refractivity contribution < 1.29 is 33.6 Å². The van der Waals surface area contributed by atoms with Crippen LogP contribution in [-0.2, 0) is 14.4 Å². The maximum Gasteiger partial charge on any atom is 0.335 e. The molecule has 14 heteroatoms. The van der Waals surface area contributed by atoms with Crippen LogP contribution in [0.5, 0.6) is 11.5 Å². The summed E-state index contributed by atoms with van der Waals surface area (Å²) in [7, 11) is 0. The number of nitrogens with zero attached hydrogens (tertiary/aromatic N) is 2. The molecular formula is C27H20Cl2N4O8. The van der Waals surface area contributed by atoms with E-state index in [9.17, 15) is 29.3 Å². The smallest absolute Gasteiger partial charge is 0.335 e. The third-order valence-electron chi connectivity index (χ3n) is 5.52. The number of imide groups is 2. The van der Waals surface area contributed by atoms with Gasteiger partial charge < -0.3 is 14.8 Å². The zero-order chi connectivity index (χ0) is 29.7. The van der Waals surface area contributed by atoms with Crippen LogP contribution in [0.15, 0.2) is 66.2 Å². The summed E-state index contributed by atoms with van der Waals surface area (Å²) >= 11 is 12.3. The van der Waals surface area contributed by atoms with Crippen LogP contribution in [0.2, 0.25) is 10.0 Å². The van der Waals surface area contributed by atoms with Gasteiger partial charge in [-0.25, -0.2) is 9.69 Å². The average Bonchev–Trinajstić information content (AvgIpc) is 2.92. The number of benzene rings is 3. The predicted octanol–water partition coefficient (Wildman–Crippen LogP) is 4.98. The second-order valence-corrected chi connectivity index (χ2v) is 9.19. The number of carbonyl (C=O) groups excluding carboxylic acids is 4. The van der Waals surface area contributed by atoms with Gasteiger partial charge in [0.1, 0.15) is 5.57 Å². The first-order chi connectivity index (χ1) is 19.6. The molecule has 0 atom stereocenters. The fraction of sp³-hybridized carbons (Fsp3) is 0.111. The largest absolute Gasteiger partial charge is 0.490 e. The van der Waals surface area contributed by atoms with Crippen LogP contribution in [0.1, 0.15) is 12.5 Å². The van der Waals surface area contributed by atoms with E-state index >= 15 is 0 Å². The summed E-state index contributed by atoms with van der Waals surface area (Å²) in [6.45, 7) is 1.49. The number of non-ortho nitro benzene ring substituents is 1. The maximum absolute atomic E-state index is 13.2. The van der Waals surface area contributed by atoms with Gasteiger partial charge in [-0.15, -0.1) is 0 Å². The van der Waals surface area contributed by atoms with Crippen molar-refractivity contribution in [2.24, 2.45) is 0 Å². The highest BCUT2D eigenvalue weighted by Crippen LogP contribution is 2.38. The molecule has 3 aromatic rings. The Morgan fingerprint density at radius 2 is 1.80 bits per heavy atom. The lowest BCUT2D eigenvalue weighted by atomic mass is 10.1. The lowest BCUT2D eigenvalue weighted by molar-refractivity contribution is -0.384. The Hall–Kier alpha value is -4.94. The molecule has 210 valence electrons. The molecule has 0 spiro atoms. The van der Waals surface area contributed by atoms with Crippen LogP contribution in [0, 0.1) is 10.1 Å². The minimum absolute atomic E-state index is 0.0115. The number of carbonyl (C=O) groups is 4. The van der Waals surface area contributed by atoms with Gasteiger partial charge in [0.25, 0.3) is 23.4 Å². The van der Waals surface area contributed by atoms with Crippen molar-refractivity contribution in [3.05, 3.63) is 92.0 Å². The van der Waals surface area contributed by atoms with Crippen molar-refractivity contribution >= 4 is 70.1 Å². The molecule has 4 rings (SSSR count). The van der Waals surface area contributed by atoms with E-state index in [1.807, 2.05) is 5.32 Å². The van der Waals surface area contributed by atoms with Crippen LogP contribution in [0.3, 0.4) is 0 Å². The number of rotatable bonds is 9. The Balaban J connectivity index is 1.59. The molecule has 0 radical (unpaired) electrons. The minimum Gasteiger partial charge on any atom is -0.490 e. The van der Waals surface area contributed by atoms with E-state index in [-0.39, 0.29) is 40.1 Å². The second kappa shape index (κ2) is 12.5. The standard InChI is InChI=1S/C27H20Cl2N4O8/c1-2-40-22-12-15(11-21(29)24(22)41-14-23(34)30-17-8-6-16(28)7-9-17)10-20-25(35)31-27(37)32(26(20)36)18-4-3-5-19(13-18)33(38)39/h3-13H,2,14H2,1H3,(H,30,34)(H,31,35,37)/b20-10+. The van der Waals surface area contributed by atoms with Crippen molar-refractivity contribution in [3.8, 4) is 11.5 Å². The quantitative estimate of drug-likeness (QED) is 0.151. The fourth-order valence-electron chi connectivity index (χ4n) is 3.75. The van der Waals surface area contributed by atoms with E-state index < -0.39 is 40.9 Å². The van der Waals surface area contributed by atoms with Crippen LogP contribution in [0.25, 0.3) is 6.08 Å². The highest BCUT2D eigenvalue weighted by atomic mass is 35.5. The number of ether oxygens (including phenoxy) is 2. The van der Waals surface area contributed by atoms with E-state index in [1.165, 1.54) is 36.4 Å². The Kier molecular flexibility index (Phi) is 8.85. The van der Waals surface area contributed by atoms with Gasteiger partial charge in [0.15, 0.2) is 18.1 Å². The number of hydrogen-bond acceptors (Lipinski definition) is 8. The van der Waals surface area contributed by atoms with Crippen molar-refractivity contribution in [3.63, 3.8) is 0 Å². The molecule has 0 bridgehead atoms. The molecule has 1 aliphatic heterocycles. The molecule has 3 aromatic carbocycles. The zero-order valence-corrected chi connectivity index (χ0v) is 22.7. The zero-order valence-electron chi connectivity index (χ0n) is 21.2. The third-order valence-corrected chi connectivity index (χ3v) is 6.05. The SMILES string of the molecule is CCOc1cc(/C=C2\C(=O)NC(=O)N(c3cccc([N+](=O)[O-])c3)C2=O)cc(Cl)c1OCC(=O)Nc1ccc(Cl)cc1. The molecule has 5 amide bonds. The molecule has 2 N–H and O–H groups in total.